The minimum Gasteiger partial charge on any atom is -0.419 e. The first-order valence-electron chi connectivity index (χ1n) is 9.32. The lowest BCUT2D eigenvalue weighted by Gasteiger charge is -2.29. The zero-order valence-corrected chi connectivity index (χ0v) is 14.9. The molecule has 0 spiro atoms. The number of rotatable bonds is 4. The molecule has 2 aliphatic rings. The smallest absolute Gasteiger partial charge is 0.268 e. The van der Waals surface area contributed by atoms with Gasteiger partial charge in [-0.2, -0.15) is 0 Å². The Morgan fingerprint density at radius 1 is 0.962 bits per heavy atom. The normalized spacial score (nSPS) is 19.1. The summed E-state index contributed by atoms with van der Waals surface area (Å²) in [6, 6.07) is 8.57. The van der Waals surface area contributed by atoms with Crippen molar-refractivity contribution in [1.29, 1.82) is 0 Å². The van der Waals surface area contributed by atoms with Crippen molar-refractivity contribution in [2.24, 2.45) is 0 Å². The van der Waals surface area contributed by atoms with Crippen molar-refractivity contribution < 1.29 is 4.42 Å². The maximum atomic E-state index is 5.85. The average Bonchev–Trinajstić information content (AvgIpc) is 3.41. The van der Waals surface area contributed by atoms with Gasteiger partial charge in [0, 0.05) is 22.7 Å². The molecule has 3 aromatic rings. The average molecular weight is 350 g/mol. The molecule has 26 heavy (non-hydrogen) atoms. The number of nitrogens with zero attached hydrogens (tertiary/aromatic N) is 5. The summed E-state index contributed by atoms with van der Waals surface area (Å²) >= 11 is 0. The minimum absolute atomic E-state index is 0.430. The number of likely N-dealkylation sites (tertiary alicyclic amines) is 1. The van der Waals surface area contributed by atoms with Crippen LogP contribution in [0.5, 0.6) is 0 Å². The van der Waals surface area contributed by atoms with Gasteiger partial charge >= 0.3 is 0 Å². The van der Waals surface area contributed by atoms with Crippen LogP contribution in [0.2, 0.25) is 0 Å². The Morgan fingerprint density at radius 2 is 1.73 bits per heavy atom. The molecule has 1 saturated heterocycles. The summed E-state index contributed by atoms with van der Waals surface area (Å²) in [4.78, 5) is 2.36. The number of anilines is 1. The second-order valence-electron chi connectivity index (χ2n) is 7.38. The highest BCUT2D eigenvalue weighted by molar-refractivity contribution is 5.98. The lowest BCUT2D eigenvalue weighted by Crippen LogP contribution is -2.37. The Balaban J connectivity index is 1.49. The van der Waals surface area contributed by atoms with Crippen LogP contribution >= 0.6 is 0 Å². The molecule has 1 aliphatic carbocycles. The summed E-state index contributed by atoms with van der Waals surface area (Å²) < 4.78 is 5.85. The van der Waals surface area contributed by atoms with Gasteiger partial charge in [-0.05, 0) is 45.8 Å². The Labute approximate surface area is 151 Å². The van der Waals surface area contributed by atoms with Crippen LogP contribution in [0.3, 0.4) is 0 Å². The fraction of sp³-hybridized carbons (Fsp3) is 0.474. The van der Waals surface area contributed by atoms with E-state index in [4.69, 9.17) is 4.42 Å². The molecule has 0 atom stereocenters. The molecule has 0 unspecified atom stereocenters. The van der Waals surface area contributed by atoms with E-state index in [0.717, 1.165) is 61.3 Å². The zero-order valence-electron chi connectivity index (χ0n) is 14.9. The molecule has 7 nitrogen and oxygen atoms in total. The van der Waals surface area contributed by atoms with Gasteiger partial charge in [-0.25, -0.2) is 0 Å². The van der Waals surface area contributed by atoms with Crippen molar-refractivity contribution in [2.75, 3.05) is 25.5 Å². The first-order valence-corrected chi connectivity index (χ1v) is 9.32. The summed E-state index contributed by atoms with van der Waals surface area (Å²) in [5.74, 6) is 2.45. The fourth-order valence-corrected chi connectivity index (χ4v) is 3.54. The third kappa shape index (κ3) is 2.92. The van der Waals surface area contributed by atoms with Gasteiger partial charge in [0.1, 0.15) is 0 Å². The molecule has 3 heterocycles. The Kier molecular flexibility index (Phi) is 3.81. The lowest BCUT2D eigenvalue weighted by atomic mass is 10.0. The fourth-order valence-electron chi connectivity index (χ4n) is 3.54. The topological polar surface area (TPSA) is 80.0 Å². The van der Waals surface area contributed by atoms with Crippen LogP contribution in [0, 0.1) is 0 Å². The van der Waals surface area contributed by atoms with E-state index in [9.17, 15) is 0 Å². The monoisotopic (exact) mass is 350 g/mol. The van der Waals surface area contributed by atoms with E-state index in [1.807, 2.05) is 18.2 Å². The number of hydrogen-bond donors (Lipinski definition) is 1. The predicted octanol–water partition coefficient (Wildman–Crippen LogP) is 3.06. The van der Waals surface area contributed by atoms with Gasteiger partial charge in [0.15, 0.2) is 11.5 Å². The summed E-state index contributed by atoms with van der Waals surface area (Å²) in [7, 11) is 2.17. The molecule has 0 bridgehead atoms. The largest absolute Gasteiger partial charge is 0.419 e. The first-order chi connectivity index (χ1) is 12.8. The number of fused-ring (bicyclic) bond motifs is 1. The molecule has 1 aromatic carbocycles. The first kappa shape index (κ1) is 15.7. The van der Waals surface area contributed by atoms with E-state index in [-0.39, 0.29) is 0 Å². The second-order valence-corrected chi connectivity index (χ2v) is 7.38. The van der Waals surface area contributed by atoms with Crippen molar-refractivity contribution in [1.82, 2.24) is 25.3 Å². The SMILES string of the molecule is CN1CCC(Nc2nnc(-c3nnc(C4CC4)o3)c3ccccc23)CC1. The highest BCUT2D eigenvalue weighted by Crippen LogP contribution is 2.40. The van der Waals surface area contributed by atoms with Crippen LogP contribution in [-0.4, -0.2) is 51.5 Å². The third-order valence-corrected chi connectivity index (χ3v) is 5.32. The molecule has 134 valence electrons. The van der Waals surface area contributed by atoms with Crippen LogP contribution in [0.25, 0.3) is 22.4 Å². The maximum Gasteiger partial charge on any atom is 0.268 e. The van der Waals surface area contributed by atoms with Crippen molar-refractivity contribution in [2.45, 2.75) is 37.6 Å². The maximum absolute atomic E-state index is 5.85. The second kappa shape index (κ2) is 6.32. The van der Waals surface area contributed by atoms with E-state index < -0.39 is 0 Å². The van der Waals surface area contributed by atoms with Crippen molar-refractivity contribution in [3.8, 4) is 11.6 Å². The molecule has 0 amide bonds. The Hall–Kier alpha value is -2.54. The molecule has 7 heteroatoms. The van der Waals surface area contributed by atoms with Crippen molar-refractivity contribution >= 4 is 16.6 Å². The minimum atomic E-state index is 0.430. The van der Waals surface area contributed by atoms with Gasteiger partial charge in [-0.15, -0.1) is 20.4 Å². The summed E-state index contributed by atoms with van der Waals surface area (Å²) in [5, 5.41) is 22.9. The van der Waals surface area contributed by atoms with E-state index in [2.05, 4.69) is 43.7 Å². The van der Waals surface area contributed by atoms with Gasteiger partial charge < -0.3 is 14.6 Å². The van der Waals surface area contributed by atoms with Crippen LogP contribution in [0.4, 0.5) is 5.82 Å². The highest BCUT2D eigenvalue weighted by Gasteiger charge is 2.30. The van der Waals surface area contributed by atoms with Crippen molar-refractivity contribution in [3.05, 3.63) is 30.2 Å². The van der Waals surface area contributed by atoms with Crippen LogP contribution in [-0.2, 0) is 0 Å². The summed E-state index contributed by atoms with van der Waals surface area (Å²) in [6.07, 6.45) is 4.49. The molecule has 5 rings (SSSR count). The Morgan fingerprint density at radius 3 is 2.50 bits per heavy atom. The van der Waals surface area contributed by atoms with E-state index in [1.54, 1.807) is 0 Å². The Bertz CT molecular complexity index is 927. The van der Waals surface area contributed by atoms with E-state index >= 15 is 0 Å². The number of hydrogen-bond acceptors (Lipinski definition) is 7. The predicted molar refractivity (Wildman–Crippen MR) is 98.9 cm³/mol. The van der Waals surface area contributed by atoms with Gasteiger partial charge in [-0.3, -0.25) is 0 Å². The van der Waals surface area contributed by atoms with Gasteiger partial charge in [0.05, 0.1) is 0 Å². The standard InChI is InChI=1S/C19H22N6O/c1-25-10-8-13(9-11-25)20-17-15-5-3-2-4-14(15)16(21-22-17)19-24-23-18(26-19)12-6-7-12/h2-5,12-13H,6-11H2,1H3,(H,20,22). The molecule has 1 N–H and O–H groups in total. The molecule has 1 aliphatic heterocycles. The van der Waals surface area contributed by atoms with E-state index in [0.29, 0.717) is 23.5 Å². The molecule has 2 fully saturated rings. The van der Waals surface area contributed by atoms with Gasteiger partial charge in [0.25, 0.3) is 5.89 Å². The van der Waals surface area contributed by atoms with Crippen LogP contribution < -0.4 is 5.32 Å². The number of piperidine rings is 1. The third-order valence-electron chi connectivity index (χ3n) is 5.32. The number of aromatic nitrogens is 4. The molecule has 1 saturated carbocycles. The summed E-state index contributed by atoms with van der Waals surface area (Å²) in [6.45, 7) is 2.21. The molecular formula is C19H22N6O. The highest BCUT2D eigenvalue weighted by atomic mass is 16.4. The number of benzene rings is 1. The molecule has 0 radical (unpaired) electrons. The molecule has 2 aromatic heterocycles. The number of nitrogens with one attached hydrogen (secondary N) is 1. The quantitative estimate of drug-likeness (QED) is 0.774. The summed E-state index contributed by atoms with van der Waals surface area (Å²) in [5.41, 5.74) is 0.661. The molecular weight excluding hydrogens is 328 g/mol. The van der Waals surface area contributed by atoms with Gasteiger partial charge in [-0.1, -0.05) is 24.3 Å². The van der Waals surface area contributed by atoms with E-state index in [1.165, 1.54) is 0 Å². The van der Waals surface area contributed by atoms with Crippen LogP contribution in [0.1, 0.15) is 37.5 Å². The zero-order chi connectivity index (χ0) is 17.5. The lowest BCUT2D eigenvalue weighted by molar-refractivity contribution is 0.263. The van der Waals surface area contributed by atoms with Gasteiger partial charge in [0.2, 0.25) is 5.89 Å². The van der Waals surface area contributed by atoms with Crippen molar-refractivity contribution in [3.63, 3.8) is 0 Å². The van der Waals surface area contributed by atoms with Crippen LogP contribution in [0.15, 0.2) is 28.7 Å².